The average Bonchev–Trinajstić information content (AvgIpc) is 2.12. The Balaban J connectivity index is 2.16. The molecule has 0 aromatic heterocycles. The highest BCUT2D eigenvalue weighted by Crippen LogP contribution is 2.41. The molecule has 1 rings (SSSR count). The molecule has 0 heterocycles. The highest BCUT2D eigenvalue weighted by molar-refractivity contribution is 5.06. The minimum atomic E-state index is 0.547. The molecule has 8 heavy (non-hydrogen) atoms. The summed E-state index contributed by atoms with van der Waals surface area (Å²) in [6.07, 6.45) is 4.18. The summed E-state index contributed by atoms with van der Waals surface area (Å²) in [5.41, 5.74) is 0.547. The average molecular weight is 111 g/mol. The van der Waals surface area contributed by atoms with Crippen molar-refractivity contribution in [3.63, 3.8) is 0 Å². The van der Waals surface area contributed by atoms with Gasteiger partial charge in [-0.15, -0.1) is 0 Å². The summed E-state index contributed by atoms with van der Waals surface area (Å²) >= 11 is 0. The van der Waals surface area contributed by atoms with Crippen LogP contribution in [0.4, 0.5) is 0 Å². The zero-order valence-corrected chi connectivity index (χ0v) is 6.12. The minimum Gasteiger partial charge on any atom is -0.0602 e. The third-order valence-electron chi connectivity index (χ3n) is 1.38. The lowest BCUT2D eigenvalue weighted by atomic mass is 9.90. The molecule has 0 aliphatic heterocycles. The van der Waals surface area contributed by atoms with Crippen LogP contribution in [-0.4, -0.2) is 0 Å². The maximum atomic E-state index is 2.30. The van der Waals surface area contributed by atoms with Crippen LogP contribution in [-0.2, 0) is 0 Å². The molecule has 1 saturated carbocycles. The Morgan fingerprint density at radius 1 is 1.25 bits per heavy atom. The molecule has 0 aromatic rings. The van der Waals surface area contributed by atoms with Gasteiger partial charge in [-0.05, 0) is 30.6 Å². The predicted octanol–water partition coefficient (Wildman–Crippen LogP) is 2.79. The van der Waals surface area contributed by atoms with Crippen LogP contribution >= 0.6 is 0 Å². The second-order valence-electron chi connectivity index (χ2n) is 3.99. The van der Waals surface area contributed by atoms with E-state index in [4.69, 9.17) is 0 Å². The molecule has 0 saturated heterocycles. The molecule has 1 aliphatic rings. The Bertz CT molecular complexity index is 72.5. The van der Waals surface area contributed by atoms with E-state index in [0.717, 1.165) is 0 Å². The summed E-state index contributed by atoms with van der Waals surface area (Å²) in [7, 11) is 0. The van der Waals surface area contributed by atoms with Crippen molar-refractivity contribution < 1.29 is 0 Å². The van der Waals surface area contributed by atoms with Gasteiger partial charge in [0.1, 0.15) is 0 Å². The van der Waals surface area contributed by atoms with Gasteiger partial charge in [0.25, 0.3) is 0 Å². The molecule has 0 heteroatoms. The van der Waals surface area contributed by atoms with Crippen molar-refractivity contribution in [1.29, 1.82) is 0 Å². The van der Waals surface area contributed by atoms with Crippen molar-refractivity contribution in [2.45, 2.75) is 40.0 Å². The summed E-state index contributed by atoms with van der Waals surface area (Å²) in [4.78, 5) is 0. The van der Waals surface area contributed by atoms with Crippen molar-refractivity contribution in [2.75, 3.05) is 0 Å². The lowest BCUT2D eigenvalue weighted by Crippen LogP contribution is -2.04. The molecule has 0 atom stereocenters. The van der Waals surface area contributed by atoms with Gasteiger partial charge in [0, 0.05) is 0 Å². The lowest BCUT2D eigenvalue weighted by Gasteiger charge is -2.16. The summed E-state index contributed by atoms with van der Waals surface area (Å²) in [5, 5.41) is 0. The monoisotopic (exact) mass is 111 g/mol. The van der Waals surface area contributed by atoms with Gasteiger partial charge in [-0.3, -0.25) is 0 Å². The van der Waals surface area contributed by atoms with Gasteiger partial charge >= 0.3 is 0 Å². The molecule has 0 bridgehead atoms. The third-order valence-corrected chi connectivity index (χ3v) is 1.38. The minimum absolute atomic E-state index is 0.547. The first-order chi connectivity index (χ1) is 3.58. The normalized spacial score (nSPS) is 21.4. The van der Waals surface area contributed by atoms with Crippen LogP contribution in [0.1, 0.15) is 40.0 Å². The quantitative estimate of drug-likeness (QED) is 0.488. The molecule has 0 aromatic carbocycles. The predicted molar refractivity (Wildman–Crippen MR) is 36.5 cm³/mol. The highest BCUT2D eigenvalue weighted by atomic mass is 14.3. The Hall–Kier alpha value is 0. The molecule has 0 N–H and O–H groups in total. The fourth-order valence-electron chi connectivity index (χ4n) is 1.02. The van der Waals surface area contributed by atoms with E-state index in [2.05, 4.69) is 20.8 Å². The first-order valence-electron chi connectivity index (χ1n) is 3.41. The van der Waals surface area contributed by atoms with E-state index in [1.54, 1.807) is 5.92 Å². The second kappa shape index (κ2) is 1.75. The first kappa shape index (κ1) is 6.12. The number of rotatable bonds is 1. The molecule has 1 radical (unpaired) electrons. The largest absolute Gasteiger partial charge is 0.0602 e. The van der Waals surface area contributed by atoms with Crippen LogP contribution in [0.2, 0.25) is 0 Å². The van der Waals surface area contributed by atoms with E-state index in [-0.39, 0.29) is 0 Å². The summed E-state index contributed by atoms with van der Waals surface area (Å²) in [5.74, 6) is 1.78. The standard InChI is InChI=1S/C8H15/c1-8(2,3)6-7-4-5-7/h4-6H2,1-3H3. The fourth-order valence-corrected chi connectivity index (χ4v) is 1.02. The van der Waals surface area contributed by atoms with E-state index in [0.29, 0.717) is 5.41 Å². The fraction of sp³-hybridized carbons (Fsp3) is 0.875. The van der Waals surface area contributed by atoms with Crippen LogP contribution in [0.25, 0.3) is 0 Å². The van der Waals surface area contributed by atoms with Crippen LogP contribution in [0.15, 0.2) is 0 Å². The van der Waals surface area contributed by atoms with E-state index in [1.807, 2.05) is 0 Å². The molecule has 47 valence electrons. The van der Waals surface area contributed by atoms with Crippen LogP contribution in [0.3, 0.4) is 0 Å². The van der Waals surface area contributed by atoms with Gasteiger partial charge in [-0.1, -0.05) is 20.8 Å². The van der Waals surface area contributed by atoms with Crippen LogP contribution in [0, 0.1) is 11.3 Å². The Labute approximate surface area is 52.3 Å². The maximum Gasteiger partial charge on any atom is -0.0235 e. The topological polar surface area (TPSA) is 0 Å². The Morgan fingerprint density at radius 2 is 1.75 bits per heavy atom. The van der Waals surface area contributed by atoms with Crippen molar-refractivity contribution in [1.82, 2.24) is 0 Å². The van der Waals surface area contributed by atoms with Crippen molar-refractivity contribution in [2.24, 2.45) is 5.41 Å². The van der Waals surface area contributed by atoms with E-state index >= 15 is 0 Å². The van der Waals surface area contributed by atoms with Gasteiger partial charge in [-0.25, -0.2) is 0 Å². The van der Waals surface area contributed by atoms with Gasteiger partial charge in [0.05, 0.1) is 0 Å². The maximum absolute atomic E-state index is 2.30. The van der Waals surface area contributed by atoms with Crippen molar-refractivity contribution in [3.05, 3.63) is 5.92 Å². The molecular formula is C8H15. The molecule has 0 amide bonds. The van der Waals surface area contributed by atoms with Gasteiger partial charge in [0.2, 0.25) is 0 Å². The smallest absolute Gasteiger partial charge is 0.0235 e. The molecule has 1 fully saturated rings. The second-order valence-corrected chi connectivity index (χ2v) is 3.99. The molecule has 1 aliphatic carbocycles. The molecule has 0 unspecified atom stereocenters. The molecule has 0 spiro atoms. The van der Waals surface area contributed by atoms with E-state index < -0.39 is 0 Å². The molecular weight excluding hydrogens is 96.1 g/mol. The summed E-state index contributed by atoms with van der Waals surface area (Å²) < 4.78 is 0. The van der Waals surface area contributed by atoms with Crippen molar-refractivity contribution in [3.8, 4) is 0 Å². The first-order valence-corrected chi connectivity index (χ1v) is 3.41. The number of hydrogen-bond donors (Lipinski definition) is 0. The lowest BCUT2D eigenvalue weighted by molar-refractivity contribution is 0.401. The molecule has 0 nitrogen and oxygen atoms in total. The SMILES string of the molecule is CC(C)(C)C[C]1CC1. The number of hydrogen-bond acceptors (Lipinski definition) is 0. The Morgan fingerprint density at radius 3 is 1.88 bits per heavy atom. The van der Waals surface area contributed by atoms with Crippen LogP contribution in [0.5, 0.6) is 0 Å². The van der Waals surface area contributed by atoms with Gasteiger partial charge < -0.3 is 0 Å². The van der Waals surface area contributed by atoms with E-state index in [9.17, 15) is 0 Å². The third kappa shape index (κ3) is 2.34. The van der Waals surface area contributed by atoms with Gasteiger partial charge in [-0.2, -0.15) is 0 Å². The zero-order chi connectivity index (χ0) is 6.20. The van der Waals surface area contributed by atoms with Crippen LogP contribution < -0.4 is 0 Å². The van der Waals surface area contributed by atoms with Gasteiger partial charge in [0.15, 0.2) is 0 Å². The highest BCUT2D eigenvalue weighted by Gasteiger charge is 2.27. The Kier molecular flexibility index (Phi) is 1.34. The summed E-state index contributed by atoms with van der Waals surface area (Å²) in [6.45, 7) is 6.91. The summed E-state index contributed by atoms with van der Waals surface area (Å²) in [6, 6.07) is 0. The zero-order valence-electron chi connectivity index (χ0n) is 6.12. The van der Waals surface area contributed by atoms with E-state index in [1.165, 1.54) is 19.3 Å². The van der Waals surface area contributed by atoms with Crippen molar-refractivity contribution >= 4 is 0 Å².